The highest BCUT2D eigenvalue weighted by Crippen LogP contribution is 2.43. The SMILES string of the molecule is CCCc1cc(Cl)ccc1C1COc2ccc(C(C)O)cc2N(CC2CCC2C(/C=C/CCN(C)C(C)=O)OCC=O)C1. The van der Waals surface area contributed by atoms with Crippen molar-refractivity contribution in [2.75, 3.05) is 44.8 Å². The Kier molecular flexibility index (Phi) is 12.1. The first kappa shape index (κ1) is 33.0. The van der Waals surface area contributed by atoms with Crippen molar-refractivity contribution in [1.29, 1.82) is 0 Å². The zero-order valence-corrected chi connectivity index (χ0v) is 26.8. The molecule has 43 heavy (non-hydrogen) atoms. The number of hydrogen-bond donors (Lipinski definition) is 1. The number of aliphatic hydroxyl groups excluding tert-OH is 1. The van der Waals surface area contributed by atoms with Gasteiger partial charge in [0.2, 0.25) is 5.91 Å². The van der Waals surface area contributed by atoms with Crippen LogP contribution < -0.4 is 9.64 Å². The molecule has 1 aliphatic heterocycles. The third-order valence-corrected chi connectivity index (χ3v) is 9.19. The Bertz CT molecular complexity index is 1260. The summed E-state index contributed by atoms with van der Waals surface area (Å²) in [5, 5.41) is 11.1. The number of carbonyl (C=O) groups excluding carboxylic acids is 2. The van der Waals surface area contributed by atoms with Gasteiger partial charge in [-0.3, -0.25) is 4.79 Å². The van der Waals surface area contributed by atoms with E-state index in [1.165, 1.54) is 11.1 Å². The molecule has 0 radical (unpaired) electrons. The Morgan fingerprint density at radius 2 is 2.07 bits per heavy atom. The molecule has 0 bridgehead atoms. The monoisotopic (exact) mass is 610 g/mol. The minimum absolute atomic E-state index is 0.0420. The lowest BCUT2D eigenvalue weighted by Gasteiger charge is -2.44. The van der Waals surface area contributed by atoms with E-state index in [4.69, 9.17) is 21.1 Å². The second-order valence-corrected chi connectivity index (χ2v) is 12.5. The van der Waals surface area contributed by atoms with E-state index in [1.54, 1.807) is 25.8 Å². The third-order valence-electron chi connectivity index (χ3n) is 8.96. The van der Waals surface area contributed by atoms with Crippen LogP contribution in [0.2, 0.25) is 5.02 Å². The molecule has 1 aliphatic carbocycles. The van der Waals surface area contributed by atoms with Crippen LogP contribution in [-0.4, -0.2) is 68.2 Å². The van der Waals surface area contributed by atoms with Crippen molar-refractivity contribution in [3.05, 3.63) is 70.3 Å². The topological polar surface area (TPSA) is 79.3 Å². The summed E-state index contributed by atoms with van der Waals surface area (Å²) in [6, 6.07) is 12.2. The van der Waals surface area contributed by atoms with Gasteiger partial charge in [-0.05, 0) is 85.4 Å². The first-order valence-electron chi connectivity index (χ1n) is 15.6. The normalized spacial score (nSPS) is 21.3. The van der Waals surface area contributed by atoms with E-state index in [0.29, 0.717) is 19.1 Å². The van der Waals surface area contributed by atoms with Gasteiger partial charge in [0.15, 0.2) is 0 Å². The van der Waals surface area contributed by atoms with Crippen molar-refractivity contribution in [1.82, 2.24) is 4.90 Å². The molecule has 5 unspecified atom stereocenters. The fourth-order valence-electron chi connectivity index (χ4n) is 6.26. The lowest BCUT2D eigenvalue weighted by molar-refractivity contribution is -0.127. The van der Waals surface area contributed by atoms with Gasteiger partial charge in [-0.2, -0.15) is 0 Å². The molecular weight excluding hydrogens is 564 g/mol. The zero-order chi connectivity index (χ0) is 30.9. The van der Waals surface area contributed by atoms with E-state index in [1.807, 2.05) is 18.2 Å². The number of aliphatic hydroxyl groups is 1. The summed E-state index contributed by atoms with van der Waals surface area (Å²) < 4.78 is 12.5. The standard InChI is InChI=1S/C35H47ClN2O5/c1-5-8-27-19-30(36)12-14-31(27)29-22-38(33-20-26(24(2)40)11-15-35(33)43-23-29)21-28-10-13-32(28)34(42-18-17-39)9-6-7-16-37(4)25(3)41/h6,9,11-12,14-15,17,19-20,24,28-29,32,34,40H,5,7-8,10,13,16,18,21-23H2,1-4H3/b9-6+. The van der Waals surface area contributed by atoms with Crippen molar-refractivity contribution in [3.63, 3.8) is 0 Å². The maximum Gasteiger partial charge on any atom is 0.219 e. The number of benzene rings is 2. The van der Waals surface area contributed by atoms with Crippen LogP contribution in [0.1, 0.15) is 75.2 Å². The van der Waals surface area contributed by atoms with Gasteiger partial charge in [0.25, 0.3) is 0 Å². The van der Waals surface area contributed by atoms with Crippen LogP contribution in [0.3, 0.4) is 0 Å². The average Bonchev–Trinajstić information content (AvgIpc) is 3.15. The molecule has 2 aromatic carbocycles. The Hall–Kier alpha value is -2.87. The molecular formula is C35H47ClN2O5. The molecule has 7 nitrogen and oxygen atoms in total. The third kappa shape index (κ3) is 8.62. The van der Waals surface area contributed by atoms with Gasteiger partial charge in [-0.25, -0.2) is 0 Å². The number of amides is 1. The Morgan fingerprint density at radius 1 is 1.26 bits per heavy atom. The first-order chi connectivity index (χ1) is 20.7. The smallest absolute Gasteiger partial charge is 0.219 e. The van der Waals surface area contributed by atoms with E-state index >= 15 is 0 Å². The van der Waals surface area contributed by atoms with Crippen LogP contribution in [0.5, 0.6) is 5.75 Å². The van der Waals surface area contributed by atoms with Crippen molar-refractivity contribution < 1.29 is 24.2 Å². The molecule has 0 spiro atoms. The number of fused-ring (bicyclic) bond motifs is 1. The predicted molar refractivity (Wildman–Crippen MR) is 172 cm³/mol. The fraction of sp³-hybridized carbons (Fsp3) is 0.543. The summed E-state index contributed by atoms with van der Waals surface area (Å²) in [5.41, 5.74) is 4.41. The Labute approximate surface area is 261 Å². The van der Waals surface area contributed by atoms with E-state index in [2.05, 4.69) is 42.2 Å². The highest BCUT2D eigenvalue weighted by atomic mass is 35.5. The zero-order valence-electron chi connectivity index (χ0n) is 26.0. The van der Waals surface area contributed by atoms with Gasteiger partial charge in [0.05, 0.1) is 24.5 Å². The first-order valence-corrected chi connectivity index (χ1v) is 16.0. The number of nitrogens with zero attached hydrogens (tertiary/aromatic N) is 2. The van der Waals surface area contributed by atoms with Gasteiger partial charge in [0, 0.05) is 44.5 Å². The lowest BCUT2D eigenvalue weighted by atomic mass is 9.70. The van der Waals surface area contributed by atoms with Gasteiger partial charge >= 0.3 is 0 Å². The number of carbonyl (C=O) groups is 2. The van der Waals surface area contributed by atoms with E-state index < -0.39 is 6.10 Å². The lowest BCUT2D eigenvalue weighted by Crippen LogP contribution is -2.44. The maximum absolute atomic E-state index is 11.6. The van der Waals surface area contributed by atoms with Crippen LogP contribution in [0.15, 0.2) is 48.6 Å². The summed E-state index contributed by atoms with van der Waals surface area (Å²) >= 11 is 6.40. The molecule has 4 rings (SSSR count). The molecule has 1 N–H and O–H groups in total. The van der Waals surface area contributed by atoms with Crippen LogP contribution in [0.4, 0.5) is 5.69 Å². The summed E-state index contributed by atoms with van der Waals surface area (Å²) in [4.78, 5) is 26.9. The summed E-state index contributed by atoms with van der Waals surface area (Å²) in [6.45, 7) is 8.40. The van der Waals surface area contributed by atoms with Crippen molar-refractivity contribution >= 4 is 29.5 Å². The molecule has 1 saturated carbocycles. The Balaban J connectivity index is 1.58. The molecule has 234 valence electrons. The van der Waals surface area contributed by atoms with Gasteiger partial charge in [-0.1, -0.05) is 49.2 Å². The molecule has 8 heteroatoms. The molecule has 0 aromatic heterocycles. The molecule has 0 saturated heterocycles. The second kappa shape index (κ2) is 15.7. The number of anilines is 1. The van der Waals surface area contributed by atoms with Crippen LogP contribution in [-0.2, 0) is 20.7 Å². The summed E-state index contributed by atoms with van der Waals surface area (Å²) in [7, 11) is 1.80. The molecule has 1 amide bonds. The van der Waals surface area contributed by atoms with Crippen LogP contribution in [0, 0.1) is 11.8 Å². The second-order valence-electron chi connectivity index (χ2n) is 12.0. The quantitative estimate of drug-likeness (QED) is 0.198. The molecule has 1 heterocycles. The number of hydrogen-bond acceptors (Lipinski definition) is 6. The molecule has 5 atom stereocenters. The molecule has 2 aliphatic rings. The molecule has 1 fully saturated rings. The van der Waals surface area contributed by atoms with Crippen molar-refractivity contribution in [3.8, 4) is 5.75 Å². The van der Waals surface area contributed by atoms with Crippen molar-refractivity contribution in [2.45, 2.75) is 71.0 Å². The fourth-order valence-corrected chi connectivity index (χ4v) is 6.45. The number of rotatable bonds is 14. The van der Waals surface area contributed by atoms with Gasteiger partial charge < -0.3 is 29.2 Å². The van der Waals surface area contributed by atoms with Crippen LogP contribution >= 0.6 is 11.6 Å². The average molecular weight is 611 g/mol. The van der Waals surface area contributed by atoms with Crippen LogP contribution in [0.25, 0.3) is 0 Å². The maximum atomic E-state index is 11.6. The number of aryl methyl sites for hydroxylation is 1. The highest BCUT2D eigenvalue weighted by Gasteiger charge is 2.39. The van der Waals surface area contributed by atoms with Gasteiger partial charge in [0.1, 0.15) is 18.6 Å². The highest BCUT2D eigenvalue weighted by molar-refractivity contribution is 6.30. The number of ether oxygens (including phenoxy) is 2. The Morgan fingerprint density at radius 3 is 2.74 bits per heavy atom. The molecule has 2 aromatic rings. The minimum Gasteiger partial charge on any atom is -0.491 e. The number of halogens is 1. The minimum atomic E-state index is -0.580. The summed E-state index contributed by atoms with van der Waals surface area (Å²) in [5.74, 6) is 1.67. The van der Waals surface area contributed by atoms with E-state index in [-0.39, 0.29) is 30.5 Å². The summed E-state index contributed by atoms with van der Waals surface area (Å²) in [6.07, 6.45) is 9.03. The largest absolute Gasteiger partial charge is 0.491 e. The van der Waals surface area contributed by atoms with E-state index in [9.17, 15) is 14.7 Å². The van der Waals surface area contributed by atoms with Gasteiger partial charge in [-0.15, -0.1) is 0 Å². The van der Waals surface area contributed by atoms with E-state index in [0.717, 1.165) is 73.5 Å². The number of aldehydes is 1. The predicted octanol–water partition coefficient (Wildman–Crippen LogP) is 6.36. The van der Waals surface area contributed by atoms with Crippen molar-refractivity contribution in [2.24, 2.45) is 11.8 Å².